The fourth-order valence-corrected chi connectivity index (χ4v) is 3.57. The zero-order valence-corrected chi connectivity index (χ0v) is 17.7. The molecule has 6 heteroatoms. The highest BCUT2D eigenvalue weighted by Crippen LogP contribution is 2.20. The molecule has 4 aromatic rings. The summed E-state index contributed by atoms with van der Waals surface area (Å²) in [7, 11) is 2.05. The number of aryl methyl sites for hydroxylation is 4. The third-order valence-corrected chi connectivity index (χ3v) is 5.57. The van der Waals surface area contributed by atoms with Crippen molar-refractivity contribution < 1.29 is 4.79 Å². The zero-order chi connectivity index (χ0) is 21.1. The van der Waals surface area contributed by atoms with Gasteiger partial charge in [0.2, 0.25) is 0 Å². The molecule has 0 aliphatic rings. The minimum atomic E-state index is -0.303. The highest BCUT2D eigenvalue weighted by molar-refractivity contribution is 6.31. The number of imidazole rings is 1. The van der Waals surface area contributed by atoms with E-state index in [2.05, 4.69) is 28.3 Å². The van der Waals surface area contributed by atoms with E-state index in [1.54, 1.807) is 6.07 Å². The van der Waals surface area contributed by atoms with Crippen LogP contribution >= 0.6 is 11.6 Å². The Labute approximate surface area is 180 Å². The summed E-state index contributed by atoms with van der Waals surface area (Å²) in [5.41, 5.74) is 5.72. The van der Waals surface area contributed by atoms with E-state index < -0.39 is 0 Å². The minimum absolute atomic E-state index is 0.303. The number of hydrogen-bond donors (Lipinski definition) is 2. The van der Waals surface area contributed by atoms with Crippen LogP contribution in [0.2, 0.25) is 5.02 Å². The molecule has 0 fully saturated rings. The maximum atomic E-state index is 12.2. The Balaban J connectivity index is 1.34. The lowest BCUT2D eigenvalue weighted by atomic mass is 10.1. The van der Waals surface area contributed by atoms with Gasteiger partial charge in [0.1, 0.15) is 5.82 Å². The predicted octanol–water partition coefficient (Wildman–Crippen LogP) is 5.96. The third kappa shape index (κ3) is 4.47. The standard InChI is InChI=1S/C24H23ClN4O/c1-16-7-11-19(15-20(16)25)27-24(30)26-18-12-8-17(9-13-18)10-14-23-28-21-5-3-4-6-22(21)29(23)2/h3-9,11-13,15H,10,14H2,1-2H3,(H2,26,27,30). The number of halogens is 1. The molecule has 1 aromatic heterocycles. The molecule has 5 nitrogen and oxygen atoms in total. The Kier molecular flexibility index (Phi) is 5.72. The number of amides is 2. The number of nitrogens with one attached hydrogen (secondary N) is 2. The van der Waals surface area contributed by atoms with Crippen molar-refractivity contribution in [3.63, 3.8) is 0 Å². The molecule has 0 saturated carbocycles. The average Bonchev–Trinajstić information content (AvgIpc) is 3.06. The molecule has 2 N–H and O–H groups in total. The van der Waals surface area contributed by atoms with Crippen molar-refractivity contribution in [2.75, 3.05) is 10.6 Å². The second-order valence-corrected chi connectivity index (χ2v) is 7.72. The predicted molar refractivity (Wildman–Crippen MR) is 123 cm³/mol. The van der Waals surface area contributed by atoms with E-state index in [0.29, 0.717) is 10.7 Å². The Morgan fingerprint density at radius 2 is 1.67 bits per heavy atom. The van der Waals surface area contributed by atoms with Crippen molar-refractivity contribution in [2.45, 2.75) is 19.8 Å². The average molecular weight is 419 g/mol. The van der Waals surface area contributed by atoms with Crippen molar-refractivity contribution in [1.29, 1.82) is 0 Å². The first-order chi connectivity index (χ1) is 14.5. The van der Waals surface area contributed by atoms with Gasteiger partial charge in [0, 0.05) is 29.9 Å². The molecule has 0 unspecified atom stereocenters. The lowest BCUT2D eigenvalue weighted by molar-refractivity contribution is 0.262. The molecule has 0 atom stereocenters. The SMILES string of the molecule is Cc1ccc(NC(=O)Nc2ccc(CCc3nc4ccccc4n3C)cc2)cc1Cl. The van der Waals surface area contributed by atoms with Gasteiger partial charge in [-0.1, -0.05) is 41.9 Å². The summed E-state index contributed by atoms with van der Waals surface area (Å²) < 4.78 is 2.15. The summed E-state index contributed by atoms with van der Waals surface area (Å²) in [6.07, 6.45) is 1.73. The second-order valence-electron chi connectivity index (χ2n) is 7.32. The van der Waals surface area contributed by atoms with Crippen molar-refractivity contribution in [2.24, 2.45) is 7.05 Å². The molecule has 2 amide bonds. The van der Waals surface area contributed by atoms with Crippen molar-refractivity contribution in [1.82, 2.24) is 9.55 Å². The number of anilines is 2. The van der Waals surface area contributed by atoms with Gasteiger partial charge in [-0.2, -0.15) is 0 Å². The Morgan fingerprint density at radius 1 is 0.967 bits per heavy atom. The quantitative estimate of drug-likeness (QED) is 0.419. The second kappa shape index (κ2) is 8.59. The molecular weight excluding hydrogens is 396 g/mol. The molecule has 0 radical (unpaired) electrons. The normalized spacial score (nSPS) is 10.9. The topological polar surface area (TPSA) is 59.0 Å². The van der Waals surface area contributed by atoms with E-state index in [-0.39, 0.29) is 6.03 Å². The highest BCUT2D eigenvalue weighted by atomic mass is 35.5. The van der Waals surface area contributed by atoms with Gasteiger partial charge in [-0.15, -0.1) is 0 Å². The van der Waals surface area contributed by atoms with Gasteiger partial charge in [-0.25, -0.2) is 9.78 Å². The molecule has 0 aliphatic heterocycles. The molecule has 1 heterocycles. The van der Waals surface area contributed by atoms with Crippen LogP contribution in [-0.4, -0.2) is 15.6 Å². The molecule has 152 valence electrons. The van der Waals surface area contributed by atoms with Crippen LogP contribution < -0.4 is 10.6 Å². The maximum Gasteiger partial charge on any atom is 0.323 e. The van der Waals surface area contributed by atoms with Crippen LogP contribution in [0, 0.1) is 6.92 Å². The third-order valence-electron chi connectivity index (χ3n) is 5.16. The van der Waals surface area contributed by atoms with Gasteiger partial charge >= 0.3 is 6.03 Å². The van der Waals surface area contributed by atoms with Gasteiger partial charge < -0.3 is 15.2 Å². The smallest absolute Gasteiger partial charge is 0.323 e. The lowest BCUT2D eigenvalue weighted by Gasteiger charge is -2.09. The first-order valence-corrected chi connectivity index (χ1v) is 10.2. The number of para-hydroxylation sites is 2. The lowest BCUT2D eigenvalue weighted by Crippen LogP contribution is -2.19. The van der Waals surface area contributed by atoms with Gasteiger partial charge in [-0.05, 0) is 60.9 Å². The molecule has 0 bridgehead atoms. The molecule has 4 rings (SSSR count). The molecule has 0 saturated heterocycles. The van der Waals surface area contributed by atoms with Gasteiger partial charge in [0.15, 0.2) is 0 Å². The van der Waals surface area contributed by atoms with Gasteiger partial charge in [0.25, 0.3) is 0 Å². The Bertz CT molecular complexity index is 1200. The van der Waals surface area contributed by atoms with Crippen LogP contribution in [0.5, 0.6) is 0 Å². The summed E-state index contributed by atoms with van der Waals surface area (Å²) in [6.45, 7) is 1.92. The van der Waals surface area contributed by atoms with E-state index in [1.807, 2.05) is 61.5 Å². The van der Waals surface area contributed by atoms with Crippen LogP contribution in [0.15, 0.2) is 66.7 Å². The Hall–Kier alpha value is -3.31. The van der Waals surface area contributed by atoms with Crippen molar-refractivity contribution >= 4 is 40.0 Å². The first-order valence-electron chi connectivity index (χ1n) is 9.83. The monoisotopic (exact) mass is 418 g/mol. The van der Waals surface area contributed by atoms with E-state index in [1.165, 1.54) is 5.56 Å². The van der Waals surface area contributed by atoms with E-state index >= 15 is 0 Å². The van der Waals surface area contributed by atoms with Crippen LogP contribution in [0.3, 0.4) is 0 Å². The largest absolute Gasteiger partial charge is 0.331 e. The van der Waals surface area contributed by atoms with Gasteiger partial charge in [0.05, 0.1) is 11.0 Å². The summed E-state index contributed by atoms with van der Waals surface area (Å²) in [5.74, 6) is 1.06. The molecule has 30 heavy (non-hydrogen) atoms. The highest BCUT2D eigenvalue weighted by Gasteiger charge is 2.08. The van der Waals surface area contributed by atoms with E-state index in [0.717, 1.165) is 41.0 Å². The van der Waals surface area contributed by atoms with Crippen LogP contribution in [0.4, 0.5) is 16.2 Å². The van der Waals surface area contributed by atoms with Crippen molar-refractivity contribution in [3.05, 3.63) is 88.7 Å². The molecular formula is C24H23ClN4O. The number of fused-ring (bicyclic) bond motifs is 1. The fourth-order valence-electron chi connectivity index (χ4n) is 3.39. The zero-order valence-electron chi connectivity index (χ0n) is 16.9. The number of carbonyl (C=O) groups is 1. The fraction of sp³-hybridized carbons (Fsp3) is 0.167. The van der Waals surface area contributed by atoms with E-state index in [9.17, 15) is 4.79 Å². The number of nitrogens with zero attached hydrogens (tertiary/aromatic N) is 2. The molecule has 3 aromatic carbocycles. The Morgan fingerprint density at radius 3 is 2.40 bits per heavy atom. The summed E-state index contributed by atoms with van der Waals surface area (Å²) in [6, 6.07) is 21.2. The summed E-state index contributed by atoms with van der Waals surface area (Å²) >= 11 is 6.10. The number of urea groups is 1. The van der Waals surface area contributed by atoms with E-state index in [4.69, 9.17) is 16.6 Å². The number of hydrogen-bond acceptors (Lipinski definition) is 2. The summed E-state index contributed by atoms with van der Waals surface area (Å²) in [4.78, 5) is 16.9. The van der Waals surface area contributed by atoms with Crippen LogP contribution in [-0.2, 0) is 19.9 Å². The molecule has 0 aliphatic carbocycles. The van der Waals surface area contributed by atoms with Crippen molar-refractivity contribution in [3.8, 4) is 0 Å². The number of rotatable bonds is 5. The van der Waals surface area contributed by atoms with Crippen LogP contribution in [0.25, 0.3) is 11.0 Å². The summed E-state index contributed by atoms with van der Waals surface area (Å²) in [5, 5.41) is 6.26. The van der Waals surface area contributed by atoms with Gasteiger partial charge in [-0.3, -0.25) is 0 Å². The molecule has 0 spiro atoms. The first kappa shape index (κ1) is 20.0. The minimum Gasteiger partial charge on any atom is -0.331 e. The number of carbonyl (C=O) groups excluding carboxylic acids is 1. The maximum absolute atomic E-state index is 12.2. The number of benzene rings is 3. The van der Waals surface area contributed by atoms with Crippen LogP contribution in [0.1, 0.15) is 17.0 Å². The number of aromatic nitrogens is 2.